The molecule has 2 aromatic rings. The van der Waals surface area contributed by atoms with Crippen LogP contribution < -0.4 is 0 Å². The van der Waals surface area contributed by atoms with Gasteiger partial charge in [0, 0.05) is 23.6 Å². The number of halogens is 1. The van der Waals surface area contributed by atoms with Crippen LogP contribution in [0, 0.1) is 10.1 Å². The van der Waals surface area contributed by atoms with Gasteiger partial charge in [0.2, 0.25) is 0 Å². The molecule has 0 unspecified atom stereocenters. The highest BCUT2D eigenvalue weighted by Crippen LogP contribution is 2.27. The van der Waals surface area contributed by atoms with Gasteiger partial charge in [-0.2, -0.15) is 0 Å². The quantitative estimate of drug-likeness (QED) is 0.488. The van der Waals surface area contributed by atoms with Crippen LogP contribution >= 0.6 is 11.6 Å². The first kappa shape index (κ1) is 14.2. The van der Waals surface area contributed by atoms with Crippen LogP contribution in [0.1, 0.15) is 41.4 Å². The first-order chi connectivity index (χ1) is 9.41. The van der Waals surface area contributed by atoms with Crippen molar-refractivity contribution >= 4 is 23.1 Å². The fourth-order valence-corrected chi connectivity index (χ4v) is 2.04. The van der Waals surface area contributed by atoms with E-state index in [9.17, 15) is 14.9 Å². The maximum absolute atomic E-state index is 12.4. The Labute approximate surface area is 119 Å². The number of nitro groups is 1. The maximum Gasteiger partial charge on any atom is 0.270 e. The predicted octanol–water partition coefficient (Wildman–Crippen LogP) is 3.59. The Kier molecular flexibility index (Phi) is 3.85. The molecule has 1 heterocycles. The molecule has 1 aromatic heterocycles. The summed E-state index contributed by atoms with van der Waals surface area (Å²) >= 11 is 5.94. The fraction of sp³-hybridized carbons (Fsp3) is 0.231. The molecule has 2 rings (SSSR count). The Morgan fingerprint density at radius 2 is 2.10 bits per heavy atom. The molecule has 0 saturated carbocycles. The van der Waals surface area contributed by atoms with Crippen molar-refractivity contribution in [3.05, 3.63) is 56.4 Å². The van der Waals surface area contributed by atoms with Crippen molar-refractivity contribution in [2.24, 2.45) is 0 Å². The molecule has 0 N–H and O–H groups in total. The van der Waals surface area contributed by atoms with E-state index in [-0.39, 0.29) is 28.0 Å². The van der Waals surface area contributed by atoms with Gasteiger partial charge in [-0.1, -0.05) is 30.6 Å². The number of ketones is 1. The van der Waals surface area contributed by atoms with Crippen LogP contribution in [0.4, 0.5) is 5.69 Å². The van der Waals surface area contributed by atoms with Crippen LogP contribution in [0.15, 0.2) is 28.9 Å². The summed E-state index contributed by atoms with van der Waals surface area (Å²) in [5, 5.41) is 14.3. The molecule has 0 spiro atoms. The summed E-state index contributed by atoms with van der Waals surface area (Å²) in [7, 11) is 0. The molecule has 0 aliphatic heterocycles. The predicted molar refractivity (Wildman–Crippen MR) is 72.1 cm³/mol. The molecule has 0 amide bonds. The third-order valence-electron chi connectivity index (χ3n) is 2.78. The molecule has 1 aromatic carbocycles. The largest absolute Gasteiger partial charge is 0.360 e. The number of hydrogen-bond donors (Lipinski definition) is 0. The highest BCUT2D eigenvalue weighted by Gasteiger charge is 2.23. The van der Waals surface area contributed by atoms with E-state index in [0.717, 1.165) is 6.07 Å². The third-order valence-corrected chi connectivity index (χ3v) is 3.09. The molecule has 0 aliphatic carbocycles. The van der Waals surface area contributed by atoms with Gasteiger partial charge in [-0.15, -0.1) is 0 Å². The molecular formula is C13H11ClN2O4. The molecule has 104 valence electrons. The lowest BCUT2D eigenvalue weighted by Crippen LogP contribution is -2.05. The average molecular weight is 295 g/mol. The van der Waals surface area contributed by atoms with Gasteiger partial charge < -0.3 is 4.52 Å². The molecule has 0 aliphatic rings. The van der Waals surface area contributed by atoms with Gasteiger partial charge in [0.25, 0.3) is 5.69 Å². The number of benzene rings is 1. The van der Waals surface area contributed by atoms with Gasteiger partial charge in [0.05, 0.1) is 21.7 Å². The van der Waals surface area contributed by atoms with Crippen molar-refractivity contribution < 1.29 is 14.2 Å². The molecule has 6 nitrogen and oxygen atoms in total. The minimum atomic E-state index is -0.570. The van der Waals surface area contributed by atoms with Gasteiger partial charge in [-0.05, 0) is 6.07 Å². The Bertz CT molecular complexity index is 679. The number of rotatable bonds is 4. The second-order valence-corrected chi connectivity index (χ2v) is 4.92. The summed E-state index contributed by atoms with van der Waals surface area (Å²) < 4.78 is 5.05. The van der Waals surface area contributed by atoms with Crippen LogP contribution in [-0.2, 0) is 0 Å². The summed E-state index contributed by atoms with van der Waals surface area (Å²) in [6.45, 7) is 3.74. The Balaban J connectivity index is 2.44. The van der Waals surface area contributed by atoms with E-state index in [0.29, 0.717) is 11.3 Å². The van der Waals surface area contributed by atoms with Crippen LogP contribution in [0.5, 0.6) is 0 Å². The van der Waals surface area contributed by atoms with Crippen molar-refractivity contribution in [2.45, 2.75) is 19.8 Å². The van der Waals surface area contributed by atoms with Crippen LogP contribution in [0.3, 0.4) is 0 Å². The zero-order chi connectivity index (χ0) is 14.9. The monoisotopic (exact) mass is 294 g/mol. The topological polar surface area (TPSA) is 86.2 Å². The molecule has 7 heteroatoms. The Hall–Kier alpha value is -2.21. The summed E-state index contributed by atoms with van der Waals surface area (Å²) in [5.41, 5.74) is 0.332. The van der Waals surface area contributed by atoms with Gasteiger partial charge in [-0.25, -0.2) is 0 Å². The van der Waals surface area contributed by atoms with Crippen LogP contribution in [0.25, 0.3) is 0 Å². The minimum absolute atomic E-state index is 0.00623. The number of non-ortho nitro benzene ring substituents is 1. The molecule has 20 heavy (non-hydrogen) atoms. The molecule has 0 bridgehead atoms. The van der Waals surface area contributed by atoms with Crippen molar-refractivity contribution in [1.82, 2.24) is 5.16 Å². The molecule has 0 fully saturated rings. The lowest BCUT2D eigenvalue weighted by Gasteiger charge is -2.05. The van der Waals surface area contributed by atoms with Gasteiger partial charge in [0.15, 0.2) is 5.78 Å². The summed E-state index contributed by atoms with van der Waals surface area (Å²) in [5.74, 6) is 0.0903. The average Bonchev–Trinajstić information content (AvgIpc) is 2.87. The van der Waals surface area contributed by atoms with E-state index in [1.807, 2.05) is 13.8 Å². The summed E-state index contributed by atoms with van der Waals surface area (Å²) in [6, 6.07) is 3.72. The van der Waals surface area contributed by atoms with Crippen molar-refractivity contribution in [3.8, 4) is 0 Å². The van der Waals surface area contributed by atoms with Crippen molar-refractivity contribution in [3.63, 3.8) is 0 Å². The zero-order valence-electron chi connectivity index (χ0n) is 10.8. The Morgan fingerprint density at radius 3 is 2.65 bits per heavy atom. The number of aromatic nitrogens is 1. The number of nitro benzene ring substituents is 1. The zero-order valence-corrected chi connectivity index (χ0v) is 11.5. The first-order valence-corrected chi connectivity index (χ1v) is 6.22. The second kappa shape index (κ2) is 5.42. The van der Waals surface area contributed by atoms with E-state index >= 15 is 0 Å². The van der Waals surface area contributed by atoms with E-state index in [1.165, 1.54) is 18.3 Å². The van der Waals surface area contributed by atoms with Crippen molar-refractivity contribution in [1.29, 1.82) is 0 Å². The molecule has 0 radical (unpaired) electrons. The fourth-order valence-electron chi connectivity index (χ4n) is 1.78. The van der Waals surface area contributed by atoms with E-state index in [2.05, 4.69) is 5.16 Å². The van der Waals surface area contributed by atoms with Gasteiger partial charge >= 0.3 is 0 Å². The van der Waals surface area contributed by atoms with Gasteiger partial charge in [-0.3, -0.25) is 14.9 Å². The van der Waals surface area contributed by atoms with Crippen LogP contribution in [0.2, 0.25) is 5.02 Å². The van der Waals surface area contributed by atoms with Crippen LogP contribution in [-0.4, -0.2) is 15.9 Å². The standard InChI is InChI=1S/C13H11ClN2O4/c1-7(2)13-10(6-15-20-13)12(17)9-4-3-8(16(18)19)5-11(9)14/h3-7H,1-2H3. The number of carbonyl (C=O) groups is 1. The Morgan fingerprint density at radius 1 is 1.40 bits per heavy atom. The lowest BCUT2D eigenvalue weighted by atomic mass is 9.99. The number of carbonyl (C=O) groups excluding carboxylic acids is 1. The summed E-state index contributed by atoms with van der Waals surface area (Å²) in [6.07, 6.45) is 1.33. The number of hydrogen-bond acceptors (Lipinski definition) is 5. The highest BCUT2D eigenvalue weighted by molar-refractivity contribution is 6.35. The maximum atomic E-state index is 12.4. The van der Waals surface area contributed by atoms with E-state index in [1.54, 1.807) is 0 Å². The normalized spacial score (nSPS) is 10.8. The second-order valence-electron chi connectivity index (χ2n) is 4.51. The van der Waals surface area contributed by atoms with Gasteiger partial charge in [0.1, 0.15) is 5.76 Å². The molecule has 0 saturated heterocycles. The lowest BCUT2D eigenvalue weighted by molar-refractivity contribution is -0.384. The van der Waals surface area contributed by atoms with E-state index < -0.39 is 4.92 Å². The third kappa shape index (κ3) is 2.55. The minimum Gasteiger partial charge on any atom is -0.360 e. The SMILES string of the molecule is CC(C)c1oncc1C(=O)c1ccc([N+](=O)[O-])cc1Cl. The molecule has 0 atom stereocenters. The first-order valence-electron chi connectivity index (χ1n) is 5.85. The summed E-state index contributed by atoms with van der Waals surface area (Å²) in [4.78, 5) is 22.5. The molecular weight excluding hydrogens is 284 g/mol. The van der Waals surface area contributed by atoms with Crippen molar-refractivity contribution in [2.75, 3.05) is 0 Å². The highest BCUT2D eigenvalue weighted by atomic mass is 35.5. The van der Waals surface area contributed by atoms with E-state index in [4.69, 9.17) is 16.1 Å². The smallest absolute Gasteiger partial charge is 0.270 e. The number of nitrogens with zero attached hydrogens (tertiary/aromatic N) is 2.